The largest absolute Gasteiger partial charge is 0.487 e. The summed E-state index contributed by atoms with van der Waals surface area (Å²) in [6.45, 7) is 0.429. The average molecular weight is 318 g/mol. The van der Waals surface area contributed by atoms with Gasteiger partial charge < -0.3 is 4.74 Å². The summed E-state index contributed by atoms with van der Waals surface area (Å²) in [6, 6.07) is 12.7. The van der Waals surface area contributed by atoms with Crippen molar-refractivity contribution in [2.24, 2.45) is 0 Å². The minimum Gasteiger partial charge on any atom is -0.487 e. The number of nitro groups is 1. The Morgan fingerprint density at radius 1 is 1.23 bits per heavy atom. The third kappa shape index (κ3) is 2.92. The first-order chi connectivity index (χ1) is 10.7. The van der Waals surface area contributed by atoms with Crippen LogP contribution in [0.25, 0.3) is 0 Å². The normalized spacial score (nSPS) is 16.9. The summed E-state index contributed by atoms with van der Waals surface area (Å²) in [5, 5.41) is 11.7. The molecule has 1 aliphatic carbocycles. The highest BCUT2D eigenvalue weighted by Gasteiger charge is 2.31. The zero-order chi connectivity index (χ0) is 15.5. The van der Waals surface area contributed by atoms with E-state index in [1.165, 1.54) is 0 Å². The molecule has 0 heterocycles. The first kappa shape index (κ1) is 14.9. The molecule has 2 aromatic rings. The first-order valence-corrected chi connectivity index (χ1v) is 7.66. The van der Waals surface area contributed by atoms with Crippen LogP contribution in [-0.2, 0) is 13.0 Å². The molecule has 0 radical (unpaired) electrons. The predicted octanol–water partition coefficient (Wildman–Crippen LogP) is 4.57. The fraction of sp³-hybridized carbons (Fsp3) is 0.294. The molecule has 1 aliphatic rings. The third-order valence-electron chi connectivity index (χ3n) is 4.00. The van der Waals surface area contributed by atoms with Gasteiger partial charge in [-0.1, -0.05) is 41.9 Å². The number of halogens is 1. The molecule has 0 N–H and O–H groups in total. The van der Waals surface area contributed by atoms with Crippen LogP contribution in [0.1, 0.15) is 35.6 Å². The Bertz CT molecular complexity index is 688. The Labute approximate surface area is 133 Å². The number of hydrogen-bond acceptors (Lipinski definition) is 3. The topological polar surface area (TPSA) is 52.4 Å². The lowest BCUT2D eigenvalue weighted by Gasteiger charge is -2.22. The van der Waals surface area contributed by atoms with Crippen LogP contribution in [0.3, 0.4) is 0 Å². The molecule has 1 atom stereocenters. The summed E-state index contributed by atoms with van der Waals surface area (Å²) < 4.78 is 5.78. The van der Waals surface area contributed by atoms with Gasteiger partial charge in [0.05, 0.1) is 5.02 Å². The van der Waals surface area contributed by atoms with E-state index in [2.05, 4.69) is 0 Å². The van der Waals surface area contributed by atoms with Crippen LogP contribution in [0.4, 0.5) is 0 Å². The molecule has 0 bridgehead atoms. The first-order valence-electron chi connectivity index (χ1n) is 7.28. The Kier molecular flexibility index (Phi) is 4.29. The average Bonchev–Trinajstić information content (AvgIpc) is 2.55. The van der Waals surface area contributed by atoms with Crippen molar-refractivity contribution in [3.05, 3.63) is 74.3 Å². The lowest BCUT2D eigenvalue weighted by molar-refractivity contribution is -0.531. The standard InChI is InChI=1S/C17H16ClNO3/c18-17-14-7-4-8-15(19(20)21)13(14)9-10-16(17)22-11-12-5-2-1-3-6-12/h1-3,5-6,9-10,15H,4,7-8,11H2. The van der Waals surface area contributed by atoms with Crippen LogP contribution in [0.15, 0.2) is 42.5 Å². The number of fused-ring (bicyclic) bond motifs is 1. The van der Waals surface area contributed by atoms with Gasteiger partial charge in [0, 0.05) is 16.9 Å². The van der Waals surface area contributed by atoms with Crippen molar-refractivity contribution in [1.29, 1.82) is 0 Å². The van der Waals surface area contributed by atoms with Crippen LogP contribution in [-0.4, -0.2) is 4.92 Å². The molecule has 0 aliphatic heterocycles. The molecule has 114 valence electrons. The maximum atomic E-state index is 11.2. The number of benzene rings is 2. The number of hydrogen-bond donors (Lipinski definition) is 0. The molecule has 3 rings (SSSR count). The Balaban J connectivity index is 1.84. The van der Waals surface area contributed by atoms with E-state index in [9.17, 15) is 10.1 Å². The van der Waals surface area contributed by atoms with Crippen molar-refractivity contribution in [2.45, 2.75) is 31.9 Å². The molecule has 1 unspecified atom stereocenters. The van der Waals surface area contributed by atoms with Crippen molar-refractivity contribution in [3.8, 4) is 5.75 Å². The molecule has 0 fully saturated rings. The van der Waals surface area contributed by atoms with Crippen molar-refractivity contribution in [3.63, 3.8) is 0 Å². The van der Waals surface area contributed by atoms with E-state index < -0.39 is 6.04 Å². The lowest BCUT2D eigenvalue weighted by atomic mass is 9.88. The molecule has 4 nitrogen and oxygen atoms in total. The Hall–Kier alpha value is -2.07. The van der Waals surface area contributed by atoms with Crippen molar-refractivity contribution < 1.29 is 9.66 Å². The molecule has 0 saturated heterocycles. The van der Waals surface area contributed by atoms with Gasteiger partial charge in [0.25, 0.3) is 0 Å². The third-order valence-corrected chi connectivity index (χ3v) is 4.41. The van der Waals surface area contributed by atoms with Crippen LogP contribution >= 0.6 is 11.6 Å². The number of nitrogens with zero attached hydrogens (tertiary/aromatic N) is 1. The minimum atomic E-state index is -0.649. The fourth-order valence-corrected chi connectivity index (χ4v) is 3.20. The van der Waals surface area contributed by atoms with E-state index in [4.69, 9.17) is 16.3 Å². The molecule has 2 aromatic carbocycles. The van der Waals surface area contributed by atoms with Gasteiger partial charge in [-0.25, -0.2) is 0 Å². The molecule has 0 saturated carbocycles. The maximum absolute atomic E-state index is 11.2. The molecular weight excluding hydrogens is 302 g/mol. The number of ether oxygens (including phenoxy) is 1. The summed E-state index contributed by atoms with van der Waals surface area (Å²) in [5.74, 6) is 0.591. The molecule has 0 aromatic heterocycles. The highest BCUT2D eigenvalue weighted by atomic mass is 35.5. The summed E-state index contributed by atoms with van der Waals surface area (Å²) in [4.78, 5) is 10.9. The maximum Gasteiger partial charge on any atom is 0.238 e. The van der Waals surface area contributed by atoms with Gasteiger partial charge in [-0.15, -0.1) is 0 Å². The van der Waals surface area contributed by atoms with E-state index in [0.29, 0.717) is 23.8 Å². The van der Waals surface area contributed by atoms with E-state index in [1.807, 2.05) is 30.3 Å². The smallest absolute Gasteiger partial charge is 0.238 e. The number of rotatable bonds is 4. The summed E-state index contributed by atoms with van der Waals surface area (Å²) in [6.07, 6.45) is 2.11. The second-order valence-electron chi connectivity index (χ2n) is 5.41. The molecular formula is C17H16ClNO3. The van der Waals surface area contributed by atoms with Crippen molar-refractivity contribution >= 4 is 11.6 Å². The monoisotopic (exact) mass is 317 g/mol. The van der Waals surface area contributed by atoms with Gasteiger partial charge in [0.1, 0.15) is 12.4 Å². The van der Waals surface area contributed by atoms with Crippen molar-refractivity contribution in [2.75, 3.05) is 0 Å². The molecule has 5 heteroatoms. The highest BCUT2D eigenvalue weighted by Crippen LogP contribution is 2.40. The zero-order valence-corrected chi connectivity index (χ0v) is 12.8. The SMILES string of the molecule is O=[N+]([O-])C1CCCc2c1ccc(OCc1ccccc1)c2Cl. The van der Waals surface area contributed by atoms with E-state index in [0.717, 1.165) is 29.5 Å². The predicted molar refractivity (Wildman–Crippen MR) is 84.9 cm³/mol. The summed E-state index contributed by atoms with van der Waals surface area (Å²) in [7, 11) is 0. The second-order valence-corrected chi connectivity index (χ2v) is 5.79. The zero-order valence-electron chi connectivity index (χ0n) is 12.0. The van der Waals surface area contributed by atoms with E-state index >= 15 is 0 Å². The summed E-state index contributed by atoms with van der Waals surface area (Å²) in [5.41, 5.74) is 2.65. The lowest BCUT2D eigenvalue weighted by Crippen LogP contribution is -2.17. The van der Waals surface area contributed by atoms with Crippen molar-refractivity contribution in [1.82, 2.24) is 0 Å². The van der Waals surface area contributed by atoms with Gasteiger partial charge in [-0.05, 0) is 36.1 Å². The molecule has 0 spiro atoms. The fourth-order valence-electron chi connectivity index (χ4n) is 2.87. The Morgan fingerprint density at radius 2 is 2.00 bits per heavy atom. The Morgan fingerprint density at radius 3 is 2.73 bits per heavy atom. The van der Waals surface area contributed by atoms with Crippen LogP contribution in [0, 0.1) is 10.1 Å². The van der Waals surface area contributed by atoms with Gasteiger partial charge >= 0.3 is 0 Å². The van der Waals surface area contributed by atoms with Gasteiger partial charge in [-0.3, -0.25) is 10.1 Å². The molecule has 22 heavy (non-hydrogen) atoms. The molecule has 0 amide bonds. The van der Waals surface area contributed by atoms with Gasteiger partial charge in [0.15, 0.2) is 0 Å². The minimum absolute atomic E-state index is 0.223. The summed E-state index contributed by atoms with van der Waals surface area (Å²) >= 11 is 6.42. The highest BCUT2D eigenvalue weighted by molar-refractivity contribution is 6.33. The van der Waals surface area contributed by atoms with Crippen LogP contribution in [0.5, 0.6) is 5.75 Å². The quantitative estimate of drug-likeness (QED) is 0.613. The van der Waals surface area contributed by atoms with Crippen LogP contribution in [0.2, 0.25) is 5.02 Å². The second kappa shape index (κ2) is 6.36. The van der Waals surface area contributed by atoms with E-state index in [1.54, 1.807) is 12.1 Å². The van der Waals surface area contributed by atoms with Crippen LogP contribution < -0.4 is 4.74 Å². The van der Waals surface area contributed by atoms with Gasteiger partial charge in [-0.2, -0.15) is 0 Å². The van der Waals surface area contributed by atoms with E-state index in [-0.39, 0.29) is 4.92 Å². The van der Waals surface area contributed by atoms with Gasteiger partial charge in [0.2, 0.25) is 6.04 Å².